The fourth-order valence-electron chi connectivity index (χ4n) is 3.33. The zero-order chi connectivity index (χ0) is 22.9. The molecule has 0 unspecified atom stereocenters. The summed E-state index contributed by atoms with van der Waals surface area (Å²) in [6.45, 7) is 3.02. The fourth-order valence-corrected chi connectivity index (χ4v) is 3.33. The van der Waals surface area contributed by atoms with Crippen LogP contribution < -0.4 is 5.32 Å². The van der Waals surface area contributed by atoms with Crippen molar-refractivity contribution in [2.45, 2.75) is 77.6 Å². The molecular formula is C25H37NO5. The molecular weight excluding hydrogens is 394 g/mol. The standard InChI is InChI=1S/C25H37NO5/c1-2-3-4-5-6-7-8-9-10-11-12-13-14-19-26-21-17-15-20(16-18-21)23(27)22(24(28)29)25(30)31/h11-12,15-18,22,26H,2-10,13-14,19H2,1H3,(H,28,29)(H,30,31)/b12-11+. The van der Waals surface area contributed by atoms with Gasteiger partial charge in [-0.2, -0.15) is 0 Å². The summed E-state index contributed by atoms with van der Waals surface area (Å²) < 4.78 is 0. The summed E-state index contributed by atoms with van der Waals surface area (Å²) in [5.41, 5.74) is 0.880. The molecule has 0 amide bonds. The number of rotatable bonds is 18. The predicted octanol–water partition coefficient (Wildman–Crippen LogP) is 5.93. The summed E-state index contributed by atoms with van der Waals surface area (Å²) in [6, 6.07) is 6.22. The van der Waals surface area contributed by atoms with Crippen LogP contribution in [-0.2, 0) is 9.59 Å². The van der Waals surface area contributed by atoms with Crippen LogP contribution in [0, 0.1) is 5.92 Å². The van der Waals surface area contributed by atoms with E-state index in [-0.39, 0.29) is 5.56 Å². The van der Waals surface area contributed by atoms with Crippen molar-refractivity contribution in [3.8, 4) is 0 Å². The number of hydrogen-bond acceptors (Lipinski definition) is 4. The average molecular weight is 432 g/mol. The number of anilines is 1. The quantitative estimate of drug-likeness (QED) is 0.115. The highest BCUT2D eigenvalue weighted by Crippen LogP contribution is 2.15. The Morgan fingerprint density at radius 2 is 1.32 bits per heavy atom. The highest BCUT2D eigenvalue weighted by atomic mass is 16.4. The Bertz CT molecular complexity index is 682. The predicted molar refractivity (Wildman–Crippen MR) is 124 cm³/mol. The molecule has 1 aromatic carbocycles. The lowest BCUT2D eigenvalue weighted by Gasteiger charge is -2.09. The van der Waals surface area contributed by atoms with Crippen molar-refractivity contribution in [1.29, 1.82) is 0 Å². The first-order valence-corrected chi connectivity index (χ1v) is 11.5. The number of allylic oxidation sites excluding steroid dienone is 2. The maximum atomic E-state index is 12.0. The first-order chi connectivity index (χ1) is 15.0. The molecule has 6 nitrogen and oxygen atoms in total. The van der Waals surface area contributed by atoms with E-state index in [2.05, 4.69) is 24.4 Å². The van der Waals surface area contributed by atoms with Gasteiger partial charge in [-0.3, -0.25) is 14.4 Å². The van der Waals surface area contributed by atoms with Crippen LogP contribution in [0.25, 0.3) is 0 Å². The Morgan fingerprint density at radius 3 is 1.87 bits per heavy atom. The van der Waals surface area contributed by atoms with Gasteiger partial charge in [-0.15, -0.1) is 0 Å². The fraction of sp³-hybridized carbons (Fsp3) is 0.560. The normalized spacial score (nSPS) is 11.2. The van der Waals surface area contributed by atoms with E-state index in [0.29, 0.717) is 0 Å². The molecule has 0 fully saturated rings. The molecule has 0 spiro atoms. The third-order valence-electron chi connectivity index (χ3n) is 5.19. The molecule has 0 aliphatic heterocycles. The monoisotopic (exact) mass is 431 g/mol. The Balaban J connectivity index is 2.16. The lowest BCUT2D eigenvalue weighted by molar-refractivity contribution is -0.151. The highest BCUT2D eigenvalue weighted by molar-refractivity contribution is 6.20. The first kappa shape index (κ1) is 26.4. The van der Waals surface area contributed by atoms with Crippen molar-refractivity contribution in [3.63, 3.8) is 0 Å². The molecule has 0 heterocycles. The van der Waals surface area contributed by atoms with Crippen LogP contribution in [0.1, 0.15) is 87.9 Å². The molecule has 31 heavy (non-hydrogen) atoms. The number of Topliss-reactive ketones (excluding diaryl/α,β-unsaturated/α-hetero) is 1. The Kier molecular flexibility index (Phi) is 13.7. The summed E-state index contributed by atoms with van der Waals surface area (Å²) in [6.07, 6.45) is 18.3. The van der Waals surface area contributed by atoms with Gasteiger partial charge in [0.25, 0.3) is 0 Å². The minimum absolute atomic E-state index is 0.0734. The van der Waals surface area contributed by atoms with Gasteiger partial charge in [0.15, 0.2) is 5.78 Å². The van der Waals surface area contributed by atoms with Gasteiger partial charge >= 0.3 is 11.9 Å². The van der Waals surface area contributed by atoms with Gasteiger partial charge < -0.3 is 15.5 Å². The second-order valence-electron chi connectivity index (χ2n) is 7.86. The Morgan fingerprint density at radius 1 is 0.806 bits per heavy atom. The van der Waals surface area contributed by atoms with Crippen LogP contribution in [0.4, 0.5) is 5.69 Å². The van der Waals surface area contributed by atoms with E-state index in [9.17, 15) is 14.4 Å². The third-order valence-corrected chi connectivity index (χ3v) is 5.19. The number of carboxylic acid groups (broad SMARTS) is 2. The van der Waals surface area contributed by atoms with Gasteiger partial charge in [-0.1, -0.05) is 64.0 Å². The molecule has 0 saturated heterocycles. The number of unbranched alkanes of at least 4 members (excludes halogenated alkanes) is 9. The smallest absolute Gasteiger partial charge is 0.325 e. The van der Waals surface area contributed by atoms with Crippen LogP contribution in [0.3, 0.4) is 0 Å². The van der Waals surface area contributed by atoms with Gasteiger partial charge in [0.1, 0.15) is 0 Å². The molecule has 3 N–H and O–H groups in total. The molecule has 6 heteroatoms. The largest absolute Gasteiger partial charge is 0.480 e. The maximum absolute atomic E-state index is 12.0. The summed E-state index contributed by atoms with van der Waals surface area (Å²) in [4.78, 5) is 34.0. The molecule has 0 atom stereocenters. The minimum Gasteiger partial charge on any atom is -0.480 e. The number of carbonyl (C=O) groups is 3. The van der Waals surface area contributed by atoms with Crippen LogP contribution in [0.2, 0.25) is 0 Å². The van der Waals surface area contributed by atoms with Crippen LogP contribution in [-0.4, -0.2) is 34.5 Å². The number of hydrogen-bond donors (Lipinski definition) is 3. The molecule has 1 rings (SSSR count). The number of carboxylic acids is 2. The first-order valence-electron chi connectivity index (χ1n) is 11.5. The number of nitrogens with one attached hydrogen (secondary N) is 1. The van der Waals surface area contributed by atoms with Crippen LogP contribution in [0.15, 0.2) is 36.4 Å². The highest BCUT2D eigenvalue weighted by Gasteiger charge is 2.34. The van der Waals surface area contributed by atoms with E-state index in [4.69, 9.17) is 10.2 Å². The van der Waals surface area contributed by atoms with Crippen LogP contribution >= 0.6 is 0 Å². The lowest BCUT2D eigenvalue weighted by Crippen LogP contribution is -2.31. The average Bonchev–Trinajstić information content (AvgIpc) is 2.74. The van der Waals surface area contributed by atoms with Crippen molar-refractivity contribution in [2.24, 2.45) is 5.92 Å². The molecule has 1 aromatic rings. The van der Waals surface area contributed by atoms with E-state index >= 15 is 0 Å². The van der Waals surface area contributed by atoms with Gasteiger partial charge in [-0.25, -0.2) is 0 Å². The number of carbonyl (C=O) groups excluding carboxylic acids is 1. The number of benzene rings is 1. The van der Waals surface area contributed by atoms with Crippen molar-refractivity contribution in [1.82, 2.24) is 0 Å². The SMILES string of the molecule is CCCCCCCCCC/C=C/CCCNc1ccc(C(=O)C(C(=O)O)C(=O)O)cc1. The van der Waals surface area contributed by atoms with Crippen molar-refractivity contribution < 1.29 is 24.6 Å². The Labute approximate surface area is 185 Å². The van der Waals surface area contributed by atoms with Crippen molar-refractivity contribution in [2.75, 3.05) is 11.9 Å². The van der Waals surface area contributed by atoms with E-state index in [1.807, 2.05) is 0 Å². The second-order valence-corrected chi connectivity index (χ2v) is 7.86. The molecule has 0 aliphatic rings. The van der Waals surface area contributed by atoms with E-state index in [1.54, 1.807) is 12.1 Å². The van der Waals surface area contributed by atoms with E-state index in [0.717, 1.165) is 31.5 Å². The molecule has 0 aromatic heterocycles. The molecule has 0 aliphatic carbocycles. The van der Waals surface area contributed by atoms with E-state index < -0.39 is 23.6 Å². The van der Waals surface area contributed by atoms with Gasteiger partial charge in [0.2, 0.25) is 5.92 Å². The zero-order valence-corrected chi connectivity index (χ0v) is 18.6. The second kappa shape index (κ2) is 16.1. The van der Waals surface area contributed by atoms with Crippen molar-refractivity contribution >= 4 is 23.4 Å². The summed E-state index contributed by atoms with van der Waals surface area (Å²) in [7, 11) is 0. The summed E-state index contributed by atoms with van der Waals surface area (Å²) >= 11 is 0. The maximum Gasteiger partial charge on any atom is 0.325 e. The molecule has 0 bridgehead atoms. The molecule has 0 saturated carbocycles. The lowest BCUT2D eigenvalue weighted by atomic mass is 9.97. The van der Waals surface area contributed by atoms with E-state index in [1.165, 1.54) is 63.5 Å². The topological polar surface area (TPSA) is 104 Å². The van der Waals surface area contributed by atoms with Gasteiger partial charge in [0.05, 0.1) is 0 Å². The van der Waals surface area contributed by atoms with Crippen LogP contribution in [0.5, 0.6) is 0 Å². The van der Waals surface area contributed by atoms with Crippen molar-refractivity contribution in [3.05, 3.63) is 42.0 Å². The summed E-state index contributed by atoms with van der Waals surface area (Å²) in [5, 5.41) is 21.1. The zero-order valence-electron chi connectivity index (χ0n) is 18.6. The number of aliphatic carboxylic acids is 2. The summed E-state index contributed by atoms with van der Waals surface area (Å²) in [5.74, 6) is -6.31. The van der Waals surface area contributed by atoms with Gasteiger partial charge in [-0.05, 0) is 49.9 Å². The Hall–Kier alpha value is -2.63. The molecule has 172 valence electrons. The number of ketones is 1. The van der Waals surface area contributed by atoms with Gasteiger partial charge in [0, 0.05) is 17.8 Å². The molecule has 0 radical (unpaired) electrons. The third kappa shape index (κ3) is 11.4. The minimum atomic E-state index is -2.07.